The van der Waals surface area contributed by atoms with E-state index in [0.29, 0.717) is 5.56 Å². The van der Waals surface area contributed by atoms with E-state index in [1.807, 2.05) is 0 Å². The van der Waals surface area contributed by atoms with Gasteiger partial charge in [0.15, 0.2) is 6.17 Å². The first-order chi connectivity index (χ1) is 6.02. The van der Waals surface area contributed by atoms with Gasteiger partial charge in [0.05, 0.1) is 0 Å². The average molecular weight is 189 g/mol. The Labute approximate surface area is 74.4 Å². The van der Waals surface area contributed by atoms with Crippen LogP contribution in [-0.2, 0) is 0 Å². The summed E-state index contributed by atoms with van der Waals surface area (Å²) in [5.41, 5.74) is 6.01. The summed E-state index contributed by atoms with van der Waals surface area (Å²) in [5, 5.41) is 0. The Morgan fingerprint density at radius 3 is 2.38 bits per heavy atom. The normalized spacial score (nSPS) is 13.3. The molecule has 0 fully saturated rings. The molecule has 0 aliphatic rings. The minimum absolute atomic E-state index is 0.0680. The van der Waals surface area contributed by atoms with Gasteiger partial charge >= 0.3 is 0 Å². The van der Waals surface area contributed by atoms with E-state index in [1.54, 1.807) is 13.0 Å². The second-order valence-corrected chi connectivity index (χ2v) is 2.87. The highest BCUT2D eigenvalue weighted by molar-refractivity contribution is 5.49. The number of hydrogen-bond donors (Lipinski definition) is 1. The predicted molar refractivity (Wildman–Crippen MR) is 45.4 cm³/mol. The second-order valence-electron chi connectivity index (χ2n) is 2.87. The molecule has 2 N–H and O–H groups in total. The molecule has 1 nitrogen and oxygen atoms in total. The first-order valence-corrected chi connectivity index (χ1v) is 3.80. The number of anilines is 1. The molecule has 13 heavy (non-hydrogen) atoms. The zero-order chi connectivity index (χ0) is 10.0. The van der Waals surface area contributed by atoms with Gasteiger partial charge in [-0.1, -0.05) is 17.7 Å². The fraction of sp³-hybridized carbons (Fsp3) is 0.333. The van der Waals surface area contributed by atoms with E-state index in [2.05, 4.69) is 0 Å². The van der Waals surface area contributed by atoms with Gasteiger partial charge in [-0.3, -0.25) is 0 Å². The number of benzene rings is 1. The van der Waals surface area contributed by atoms with Crippen molar-refractivity contribution in [3.8, 4) is 0 Å². The molecule has 1 atom stereocenters. The Hall–Kier alpha value is -1.19. The van der Waals surface area contributed by atoms with Crippen molar-refractivity contribution in [2.75, 3.05) is 5.73 Å². The Balaban J connectivity index is 3.05. The minimum atomic E-state index is -3.02. The number of hydrogen-bond acceptors (Lipinski definition) is 1. The third kappa shape index (κ3) is 2.14. The van der Waals surface area contributed by atoms with Gasteiger partial charge < -0.3 is 5.73 Å². The van der Waals surface area contributed by atoms with Gasteiger partial charge in [0.25, 0.3) is 6.43 Å². The molecule has 1 aromatic rings. The molecule has 1 rings (SSSR count). The Kier molecular flexibility index (Phi) is 2.80. The summed E-state index contributed by atoms with van der Waals surface area (Å²) >= 11 is 0. The van der Waals surface area contributed by atoms with E-state index in [-0.39, 0.29) is 11.3 Å². The van der Waals surface area contributed by atoms with Gasteiger partial charge in [-0.2, -0.15) is 0 Å². The molecule has 1 aromatic carbocycles. The summed E-state index contributed by atoms with van der Waals surface area (Å²) in [6.07, 6.45) is -5.32. The molecule has 0 heterocycles. The Bertz CT molecular complexity index is 299. The Morgan fingerprint density at radius 1 is 1.23 bits per heavy atom. The number of aryl methyl sites for hydroxylation is 1. The van der Waals surface area contributed by atoms with Crippen molar-refractivity contribution >= 4 is 5.69 Å². The van der Waals surface area contributed by atoms with Crippen molar-refractivity contribution in [1.82, 2.24) is 0 Å². The minimum Gasteiger partial charge on any atom is -0.398 e. The first-order valence-electron chi connectivity index (χ1n) is 3.80. The molecule has 4 heteroatoms. The number of halogens is 3. The van der Waals surface area contributed by atoms with Crippen molar-refractivity contribution in [2.24, 2.45) is 0 Å². The van der Waals surface area contributed by atoms with Gasteiger partial charge in [-0.05, 0) is 13.0 Å². The fourth-order valence-corrected chi connectivity index (χ4v) is 1.07. The van der Waals surface area contributed by atoms with Crippen LogP contribution < -0.4 is 5.73 Å². The lowest BCUT2D eigenvalue weighted by atomic mass is 10.1. The van der Waals surface area contributed by atoms with Crippen molar-refractivity contribution < 1.29 is 13.2 Å². The van der Waals surface area contributed by atoms with Crippen LogP contribution in [0.2, 0.25) is 0 Å². The standard InChI is InChI=1S/C9H10F3N/c1-5-2-3-7(13)6(4-5)8(10)9(11)12/h2-4,8-9H,13H2,1H3. The molecule has 0 saturated heterocycles. The molecule has 0 radical (unpaired) electrons. The lowest BCUT2D eigenvalue weighted by molar-refractivity contribution is 0.0499. The molecule has 72 valence electrons. The smallest absolute Gasteiger partial charge is 0.273 e. The van der Waals surface area contributed by atoms with E-state index in [1.165, 1.54) is 12.1 Å². The maximum absolute atomic E-state index is 12.9. The van der Waals surface area contributed by atoms with Crippen molar-refractivity contribution in [2.45, 2.75) is 19.5 Å². The lowest BCUT2D eigenvalue weighted by Gasteiger charge is -2.10. The summed E-state index contributed by atoms with van der Waals surface area (Å²) in [5.74, 6) is 0. The van der Waals surface area contributed by atoms with Crippen LogP contribution in [0.1, 0.15) is 17.3 Å². The summed E-state index contributed by atoms with van der Waals surface area (Å²) in [7, 11) is 0. The fourth-order valence-electron chi connectivity index (χ4n) is 1.07. The van der Waals surface area contributed by atoms with Crippen LogP contribution >= 0.6 is 0 Å². The largest absolute Gasteiger partial charge is 0.398 e. The molecule has 0 spiro atoms. The molecule has 0 amide bonds. The maximum Gasteiger partial charge on any atom is 0.273 e. The highest BCUT2D eigenvalue weighted by Gasteiger charge is 2.23. The molecule has 0 saturated carbocycles. The van der Waals surface area contributed by atoms with Crippen LogP contribution in [0, 0.1) is 6.92 Å². The molecule has 0 bridgehead atoms. The van der Waals surface area contributed by atoms with E-state index in [4.69, 9.17) is 5.73 Å². The highest BCUT2D eigenvalue weighted by Crippen LogP contribution is 2.29. The molecule has 0 aliphatic heterocycles. The zero-order valence-electron chi connectivity index (χ0n) is 7.10. The predicted octanol–water partition coefficient (Wildman–Crippen LogP) is 2.85. The number of alkyl halides is 3. The summed E-state index contributed by atoms with van der Waals surface area (Å²) < 4.78 is 36.9. The van der Waals surface area contributed by atoms with Crippen LogP contribution in [-0.4, -0.2) is 6.43 Å². The summed E-state index contributed by atoms with van der Waals surface area (Å²) in [6, 6.07) is 4.42. The van der Waals surface area contributed by atoms with Gasteiger partial charge in [0, 0.05) is 11.3 Å². The van der Waals surface area contributed by atoms with E-state index in [0.717, 1.165) is 0 Å². The molecule has 0 aliphatic carbocycles. The van der Waals surface area contributed by atoms with Crippen LogP contribution in [0.4, 0.5) is 18.9 Å². The number of rotatable bonds is 2. The molecule has 0 aromatic heterocycles. The third-order valence-corrected chi connectivity index (χ3v) is 1.76. The molecule has 1 unspecified atom stereocenters. The van der Waals surface area contributed by atoms with Gasteiger partial charge in [-0.25, -0.2) is 13.2 Å². The topological polar surface area (TPSA) is 26.0 Å². The highest BCUT2D eigenvalue weighted by atomic mass is 19.3. The quantitative estimate of drug-likeness (QED) is 0.711. The van der Waals surface area contributed by atoms with Crippen molar-refractivity contribution in [3.05, 3.63) is 29.3 Å². The van der Waals surface area contributed by atoms with Crippen LogP contribution in [0.5, 0.6) is 0 Å². The van der Waals surface area contributed by atoms with Gasteiger partial charge in [0.1, 0.15) is 0 Å². The maximum atomic E-state index is 12.9. The van der Waals surface area contributed by atoms with Crippen LogP contribution in [0.3, 0.4) is 0 Å². The van der Waals surface area contributed by atoms with Crippen LogP contribution in [0.25, 0.3) is 0 Å². The van der Waals surface area contributed by atoms with Crippen LogP contribution in [0.15, 0.2) is 18.2 Å². The monoisotopic (exact) mass is 189 g/mol. The SMILES string of the molecule is Cc1ccc(N)c(C(F)C(F)F)c1. The van der Waals surface area contributed by atoms with E-state index < -0.39 is 12.6 Å². The average Bonchev–Trinajstić information content (AvgIpc) is 2.08. The molecular weight excluding hydrogens is 179 g/mol. The third-order valence-electron chi connectivity index (χ3n) is 1.76. The van der Waals surface area contributed by atoms with E-state index >= 15 is 0 Å². The van der Waals surface area contributed by atoms with Crippen molar-refractivity contribution in [3.63, 3.8) is 0 Å². The Morgan fingerprint density at radius 2 is 1.85 bits per heavy atom. The zero-order valence-corrected chi connectivity index (χ0v) is 7.10. The number of nitrogen functional groups attached to an aromatic ring is 1. The number of nitrogens with two attached hydrogens (primary N) is 1. The van der Waals surface area contributed by atoms with Gasteiger partial charge in [0.2, 0.25) is 0 Å². The summed E-state index contributed by atoms with van der Waals surface area (Å²) in [4.78, 5) is 0. The summed E-state index contributed by atoms with van der Waals surface area (Å²) in [6.45, 7) is 1.70. The molecular formula is C9H10F3N. The second kappa shape index (κ2) is 3.68. The van der Waals surface area contributed by atoms with E-state index in [9.17, 15) is 13.2 Å². The first kappa shape index (κ1) is 9.89. The van der Waals surface area contributed by atoms with Crippen molar-refractivity contribution in [1.29, 1.82) is 0 Å². The van der Waals surface area contributed by atoms with Gasteiger partial charge in [-0.15, -0.1) is 0 Å². The lowest BCUT2D eigenvalue weighted by Crippen LogP contribution is -2.06.